The minimum Gasteiger partial charge on any atom is -0.322 e. The molecule has 2 rings (SSSR count). The second kappa shape index (κ2) is 5.82. The first-order valence-electron chi connectivity index (χ1n) is 6.25. The Bertz CT molecular complexity index is 430. The molecule has 0 spiro atoms. The lowest BCUT2D eigenvalue weighted by atomic mass is 10.1. The number of nitrogens with one attached hydrogen (secondary N) is 2. The van der Waals surface area contributed by atoms with Crippen molar-refractivity contribution in [3.8, 4) is 0 Å². The van der Waals surface area contributed by atoms with Gasteiger partial charge in [0.15, 0.2) is 0 Å². The monoisotopic (exact) mass is 251 g/mol. The summed E-state index contributed by atoms with van der Waals surface area (Å²) in [4.78, 5) is 13.7. The van der Waals surface area contributed by atoms with Gasteiger partial charge in [-0.25, -0.2) is 9.18 Å². The number of rotatable bonds is 2. The second-order valence-corrected chi connectivity index (χ2v) is 4.33. The summed E-state index contributed by atoms with van der Waals surface area (Å²) in [5.41, 5.74) is 1.27. The molecule has 0 radical (unpaired) electrons. The van der Waals surface area contributed by atoms with Crippen molar-refractivity contribution >= 4 is 11.7 Å². The predicted molar refractivity (Wildman–Crippen MR) is 69.2 cm³/mol. The van der Waals surface area contributed by atoms with Gasteiger partial charge in [-0.15, -0.1) is 0 Å². The van der Waals surface area contributed by atoms with E-state index < -0.39 is 0 Å². The number of benzene rings is 1. The third kappa shape index (κ3) is 2.98. The number of amides is 2. The highest BCUT2D eigenvalue weighted by Gasteiger charge is 2.16. The van der Waals surface area contributed by atoms with Gasteiger partial charge in [0, 0.05) is 31.9 Å². The van der Waals surface area contributed by atoms with E-state index in [9.17, 15) is 9.18 Å². The second-order valence-electron chi connectivity index (χ2n) is 4.33. The molecule has 0 saturated carbocycles. The van der Waals surface area contributed by atoms with Crippen LogP contribution in [-0.4, -0.2) is 37.1 Å². The molecule has 0 atom stereocenters. The number of urea groups is 1. The van der Waals surface area contributed by atoms with E-state index in [1.807, 2.05) is 6.92 Å². The molecular formula is C13H18FN3O. The van der Waals surface area contributed by atoms with Crippen LogP contribution in [0.25, 0.3) is 0 Å². The SMILES string of the molecule is CCc1cc(NC(=O)N2CCNCC2)ccc1F. The fraction of sp³-hybridized carbons (Fsp3) is 0.462. The average molecular weight is 251 g/mol. The molecule has 0 bridgehead atoms. The van der Waals surface area contributed by atoms with Crippen molar-refractivity contribution in [2.24, 2.45) is 0 Å². The molecule has 2 amide bonds. The molecule has 1 aliphatic rings. The molecule has 98 valence electrons. The average Bonchev–Trinajstić information content (AvgIpc) is 2.42. The molecule has 1 aromatic rings. The van der Waals surface area contributed by atoms with Crippen molar-refractivity contribution in [1.29, 1.82) is 0 Å². The van der Waals surface area contributed by atoms with E-state index in [0.29, 0.717) is 30.8 Å². The molecule has 4 nitrogen and oxygen atoms in total. The molecule has 1 aromatic carbocycles. The Hall–Kier alpha value is -1.62. The Labute approximate surface area is 106 Å². The van der Waals surface area contributed by atoms with Crippen molar-refractivity contribution < 1.29 is 9.18 Å². The molecule has 1 heterocycles. The number of halogens is 1. The van der Waals surface area contributed by atoms with E-state index >= 15 is 0 Å². The zero-order valence-electron chi connectivity index (χ0n) is 10.5. The minimum atomic E-state index is -0.224. The van der Waals surface area contributed by atoms with Crippen LogP contribution in [0, 0.1) is 5.82 Å². The van der Waals surface area contributed by atoms with Gasteiger partial charge in [-0.1, -0.05) is 6.92 Å². The molecule has 18 heavy (non-hydrogen) atoms. The highest BCUT2D eigenvalue weighted by Crippen LogP contribution is 2.15. The van der Waals surface area contributed by atoms with Gasteiger partial charge >= 0.3 is 6.03 Å². The van der Waals surface area contributed by atoms with Crippen molar-refractivity contribution in [1.82, 2.24) is 10.2 Å². The van der Waals surface area contributed by atoms with Gasteiger partial charge < -0.3 is 15.5 Å². The van der Waals surface area contributed by atoms with E-state index in [4.69, 9.17) is 0 Å². The van der Waals surface area contributed by atoms with Crippen molar-refractivity contribution in [2.45, 2.75) is 13.3 Å². The Balaban J connectivity index is 2.02. The van der Waals surface area contributed by atoms with Crippen LogP contribution in [0.4, 0.5) is 14.9 Å². The van der Waals surface area contributed by atoms with Crippen molar-refractivity contribution in [2.75, 3.05) is 31.5 Å². The number of hydrogen-bond acceptors (Lipinski definition) is 2. The van der Waals surface area contributed by atoms with E-state index in [1.165, 1.54) is 6.07 Å². The van der Waals surface area contributed by atoms with E-state index in [-0.39, 0.29) is 11.8 Å². The van der Waals surface area contributed by atoms with Crippen LogP contribution in [0.3, 0.4) is 0 Å². The van der Waals surface area contributed by atoms with Crippen LogP contribution in [0.2, 0.25) is 0 Å². The summed E-state index contributed by atoms with van der Waals surface area (Å²) < 4.78 is 13.3. The molecule has 1 fully saturated rings. The smallest absolute Gasteiger partial charge is 0.321 e. The summed E-state index contributed by atoms with van der Waals surface area (Å²) in [6, 6.07) is 4.56. The first kappa shape index (κ1) is 12.8. The fourth-order valence-electron chi connectivity index (χ4n) is 1.99. The van der Waals surface area contributed by atoms with E-state index in [1.54, 1.807) is 17.0 Å². The van der Waals surface area contributed by atoms with Gasteiger partial charge in [0.05, 0.1) is 0 Å². The van der Waals surface area contributed by atoms with Crippen LogP contribution in [-0.2, 0) is 6.42 Å². The zero-order chi connectivity index (χ0) is 13.0. The van der Waals surface area contributed by atoms with Gasteiger partial charge in [0.2, 0.25) is 0 Å². The summed E-state index contributed by atoms with van der Waals surface area (Å²) in [6.45, 7) is 4.93. The summed E-state index contributed by atoms with van der Waals surface area (Å²) in [5, 5.41) is 5.99. The normalized spacial score (nSPS) is 15.6. The van der Waals surface area contributed by atoms with Crippen LogP contribution in [0.5, 0.6) is 0 Å². The van der Waals surface area contributed by atoms with E-state index in [2.05, 4.69) is 10.6 Å². The fourth-order valence-corrected chi connectivity index (χ4v) is 1.99. The molecule has 0 aromatic heterocycles. The Kier molecular flexibility index (Phi) is 4.15. The Morgan fingerprint density at radius 3 is 2.83 bits per heavy atom. The lowest BCUT2D eigenvalue weighted by Gasteiger charge is -2.27. The number of nitrogens with zero attached hydrogens (tertiary/aromatic N) is 1. The largest absolute Gasteiger partial charge is 0.322 e. The number of anilines is 1. The maximum absolute atomic E-state index is 13.3. The molecule has 0 unspecified atom stereocenters. The summed E-state index contributed by atoms with van der Waals surface area (Å²) in [7, 11) is 0. The molecule has 5 heteroatoms. The van der Waals surface area contributed by atoms with Gasteiger partial charge in [-0.2, -0.15) is 0 Å². The Morgan fingerprint density at radius 1 is 1.44 bits per heavy atom. The van der Waals surface area contributed by atoms with Crippen LogP contribution in [0.1, 0.15) is 12.5 Å². The van der Waals surface area contributed by atoms with Gasteiger partial charge in [0.25, 0.3) is 0 Å². The third-order valence-electron chi connectivity index (χ3n) is 3.08. The number of hydrogen-bond donors (Lipinski definition) is 2. The maximum atomic E-state index is 13.3. The molecule has 1 aliphatic heterocycles. The molecule has 0 aliphatic carbocycles. The predicted octanol–water partition coefficient (Wildman–Crippen LogP) is 1.83. The van der Waals surface area contributed by atoms with Gasteiger partial charge in [-0.05, 0) is 30.2 Å². The minimum absolute atomic E-state index is 0.120. The lowest BCUT2D eigenvalue weighted by Crippen LogP contribution is -2.48. The topological polar surface area (TPSA) is 44.4 Å². The Morgan fingerprint density at radius 2 is 2.17 bits per heavy atom. The molecular weight excluding hydrogens is 233 g/mol. The standard InChI is InChI=1S/C13H18FN3O/c1-2-10-9-11(3-4-12(10)14)16-13(18)17-7-5-15-6-8-17/h3-4,9,15H,2,5-8H2,1H3,(H,16,18). The van der Waals surface area contributed by atoms with Crippen molar-refractivity contribution in [3.05, 3.63) is 29.6 Å². The highest BCUT2D eigenvalue weighted by molar-refractivity contribution is 5.89. The first-order valence-corrected chi connectivity index (χ1v) is 6.25. The van der Waals surface area contributed by atoms with Crippen LogP contribution in [0.15, 0.2) is 18.2 Å². The van der Waals surface area contributed by atoms with Crippen LogP contribution >= 0.6 is 0 Å². The molecule has 1 saturated heterocycles. The van der Waals surface area contributed by atoms with Gasteiger partial charge in [-0.3, -0.25) is 0 Å². The number of carbonyl (C=O) groups is 1. The number of aryl methyl sites for hydroxylation is 1. The highest BCUT2D eigenvalue weighted by atomic mass is 19.1. The summed E-state index contributed by atoms with van der Waals surface area (Å²) >= 11 is 0. The van der Waals surface area contributed by atoms with Crippen LogP contribution < -0.4 is 10.6 Å². The third-order valence-corrected chi connectivity index (χ3v) is 3.08. The quantitative estimate of drug-likeness (QED) is 0.842. The zero-order valence-corrected chi connectivity index (χ0v) is 10.5. The van der Waals surface area contributed by atoms with Gasteiger partial charge in [0.1, 0.15) is 5.82 Å². The summed E-state index contributed by atoms with van der Waals surface area (Å²) in [6.07, 6.45) is 0.614. The maximum Gasteiger partial charge on any atom is 0.321 e. The number of carbonyl (C=O) groups excluding carboxylic acids is 1. The summed E-state index contributed by atoms with van der Waals surface area (Å²) in [5.74, 6) is -0.224. The van der Waals surface area contributed by atoms with Crippen molar-refractivity contribution in [3.63, 3.8) is 0 Å². The molecule has 2 N–H and O–H groups in total. The van der Waals surface area contributed by atoms with E-state index in [0.717, 1.165) is 13.1 Å². The first-order chi connectivity index (χ1) is 8.70. The lowest BCUT2D eigenvalue weighted by molar-refractivity contribution is 0.204. The number of piperazine rings is 1.